The van der Waals surface area contributed by atoms with Crippen molar-refractivity contribution in [1.29, 1.82) is 0 Å². The summed E-state index contributed by atoms with van der Waals surface area (Å²) in [4.78, 5) is 21.1. The van der Waals surface area contributed by atoms with Crippen LogP contribution in [0.1, 0.15) is 23.2 Å². The van der Waals surface area contributed by atoms with Crippen molar-refractivity contribution in [2.75, 3.05) is 39.5 Å². The number of nitrogens with one attached hydrogen (secondary N) is 1. The van der Waals surface area contributed by atoms with Gasteiger partial charge >= 0.3 is 0 Å². The van der Waals surface area contributed by atoms with Gasteiger partial charge < -0.3 is 15.1 Å². The molecule has 1 aliphatic heterocycles. The van der Waals surface area contributed by atoms with E-state index in [1.807, 2.05) is 18.0 Å². The summed E-state index contributed by atoms with van der Waals surface area (Å²) in [6.45, 7) is 2.04. The molecule has 6 heteroatoms. The maximum Gasteiger partial charge on any atom is 0.257 e. The average Bonchev–Trinajstić information content (AvgIpc) is 2.45. The number of rotatable bonds is 3. The molecule has 0 saturated carbocycles. The Kier molecular flexibility index (Phi) is 4.99. The molecule has 20 heavy (non-hydrogen) atoms. The van der Waals surface area contributed by atoms with Gasteiger partial charge in [-0.3, -0.25) is 4.79 Å². The van der Waals surface area contributed by atoms with Gasteiger partial charge in [0.05, 0.1) is 5.56 Å². The summed E-state index contributed by atoms with van der Waals surface area (Å²) in [6, 6.07) is 2.09. The van der Waals surface area contributed by atoms with Crippen molar-refractivity contribution < 1.29 is 4.79 Å². The molecule has 5 nitrogen and oxygen atoms in total. The van der Waals surface area contributed by atoms with Crippen LogP contribution in [0.4, 0.5) is 5.82 Å². The minimum absolute atomic E-state index is 0.0171. The standard InChI is InChI=1S/C14H21BrN4O/c1-16-13-12(7-10(15)8-17-13)14(20)19(3)11-5-4-6-18(2)9-11/h7-8,11H,4-6,9H2,1-3H3,(H,16,17). The number of pyridine rings is 1. The smallest absolute Gasteiger partial charge is 0.257 e. The first-order chi connectivity index (χ1) is 9.52. The number of hydrogen-bond acceptors (Lipinski definition) is 4. The van der Waals surface area contributed by atoms with Crippen molar-refractivity contribution in [3.8, 4) is 0 Å². The van der Waals surface area contributed by atoms with E-state index in [-0.39, 0.29) is 11.9 Å². The molecule has 1 atom stereocenters. The van der Waals surface area contributed by atoms with Crippen LogP contribution in [0.15, 0.2) is 16.7 Å². The molecule has 1 unspecified atom stereocenters. The molecule has 0 aromatic carbocycles. The Morgan fingerprint density at radius 2 is 2.35 bits per heavy atom. The number of aromatic nitrogens is 1. The predicted octanol–water partition coefficient (Wildman–Crippen LogP) is 2.05. The fourth-order valence-electron chi connectivity index (χ4n) is 2.61. The summed E-state index contributed by atoms with van der Waals surface area (Å²) in [6.07, 6.45) is 3.88. The largest absolute Gasteiger partial charge is 0.372 e. The second-order valence-electron chi connectivity index (χ2n) is 5.27. The number of likely N-dealkylation sites (N-methyl/N-ethyl adjacent to an activating group) is 2. The van der Waals surface area contributed by atoms with E-state index in [4.69, 9.17) is 0 Å². The van der Waals surface area contributed by atoms with Crippen LogP contribution in [0.25, 0.3) is 0 Å². The Hall–Kier alpha value is -1.14. The first-order valence-electron chi connectivity index (χ1n) is 6.82. The second kappa shape index (κ2) is 6.54. The van der Waals surface area contributed by atoms with E-state index < -0.39 is 0 Å². The van der Waals surface area contributed by atoms with E-state index in [0.29, 0.717) is 11.4 Å². The molecule has 2 rings (SSSR count). The first kappa shape index (κ1) is 15.3. The minimum atomic E-state index is 0.0171. The maximum absolute atomic E-state index is 12.7. The number of carbonyl (C=O) groups excluding carboxylic acids is 1. The van der Waals surface area contributed by atoms with Gasteiger partial charge in [0.25, 0.3) is 5.91 Å². The van der Waals surface area contributed by atoms with Gasteiger partial charge in [-0.1, -0.05) is 0 Å². The van der Waals surface area contributed by atoms with Crippen LogP contribution >= 0.6 is 15.9 Å². The van der Waals surface area contributed by atoms with Crippen LogP contribution in [0, 0.1) is 0 Å². The molecule has 1 aromatic rings. The van der Waals surface area contributed by atoms with Crippen LogP contribution in [0.5, 0.6) is 0 Å². The third kappa shape index (κ3) is 3.30. The lowest BCUT2D eigenvalue weighted by Gasteiger charge is -2.36. The van der Waals surface area contributed by atoms with E-state index in [9.17, 15) is 4.79 Å². The molecule has 0 radical (unpaired) electrons. The molecular formula is C14H21BrN4O. The van der Waals surface area contributed by atoms with E-state index in [1.165, 1.54) is 0 Å². The van der Waals surface area contributed by atoms with Gasteiger partial charge in [-0.2, -0.15) is 0 Å². The molecule has 1 aromatic heterocycles. The lowest BCUT2D eigenvalue weighted by molar-refractivity contribution is 0.0644. The molecule has 1 N–H and O–H groups in total. The number of nitrogens with zero attached hydrogens (tertiary/aromatic N) is 3. The van der Waals surface area contributed by atoms with Gasteiger partial charge in [0.1, 0.15) is 5.82 Å². The van der Waals surface area contributed by atoms with Gasteiger partial charge in [-0.15, -0.1) is 0 Å². The summed E-state index contributed by atoms with van der Waals surface area (Å²) in [7, 11) is 5.76. The molecule has 1 amide bonds. The fraction of sp³-hybridized carbons (Fsp3) is 0.571. The number of piperidine rings is 1. The van der Waals surface area contributed by atoms with Crippen LogP contribution < -0.4 is 5.32 Å². The summed E-state index contributed by atoms with van der Waals surface area (Å²) >= 11 is 3.38. The summed E-state index contributed by atoms with van der Waals surface area (Å²) in [5.41, 5.74) is 0.609. The zero-order valence-electron chi connectivity index (χ0n) is 12.2. The fourth-order valence-corrected chi connectivity index (χ4v) is 2.94. The van der Waals surface area contributed by atoms with Crippen LogP contribution in [0.3, 0.4) is 0 Å². The van der Waals surface area contributed by atoms with Crippen LogP contribution in [-0.2, 0) is 0 Å². The van der Waals surface area contributed by atoms with Gasteiger partial charge in [-0.25, -0.2) is 4.98 Å². The molecule has 110 valence electrons. The highest BCUT2D eigenvalue weighted by atomic mass is 79.9. The Morgan fingerprint density at radius 1 is 1.60 bits per heavy atom. The van der Waals surface area contributed by atoms with Crippen molar-refractivity contribution in [1.82, 2.24) is 14.8 Å². The molecule has 0 aliphatic carbocycles. The van der Waals surface area contributed by atoms with E-state index >= 15 is 0 Å². The van der Waals surface area contributed by atoms with E-state index in [2.05, 4.69) is 38.2 Å². The quantitative estimate of drug-likeness (QED) is 0.914. The summed E-state index contributed by atoms with van der Waals surface area (Å²) in [5.74, 6) is 0.637. The lowest BCUT2D eigenvalue weighted by Crippen LogP contribution is -2.47. The van der Waals surface area contributed by atoms with E-state index in [1.54, 1.807) is 13.2 Å². The summed E-state index contributed by atoms with van der Waals surface area (Å²) in [5, 5.41) is 2.98. The van der Waals surface area contributed by atoms with Crippen molar-refractivity contribution in [3.63, 3.8) is 0 Å². The highest BCUT2D eigenvalue weighted by Gasteiger charge is 2.26. The monoisotopic (exact) mass is 340 g/mol. The topological polar surface area (TPSA) is 48.5 Å². The predicted molar refractivity (Wildman–Crippen MR) is 84.1 cm³/mol. The second-order valence-corrected chi connectivity index (χ2v) is 6.19. The lowest BCUT2D eigenvalue weighted by atomic mass is 10.0. The van der Waals surface area contributed by atoms with Crippen LogP contribution in [-0.4, -0.2) is 61.0 Å². The Bertz CT molecular complexity index is 494. The van der Waals surface area contributed by atoms with Crippen molar-refractivity contribution in [2.45, 2.75) is 18.9 Å². The third-order valence-corrected chi connectivity index (χ3v) is 4.22. The van der Waals surface area contributed by atoms with Gasteiger partial charge in [0, 0.05) is 37.4 Å². The molecule has 0 spiro atoms. The van der Waals surface area contributed by atoms with Gasteiger partial charge in [0.2, 0.25) is 0 Å². The Balaban J connectivity index is 2.19. The summed E-state index contributed by atoms with van der Waals surface area (Å²) < 4.78 is 0.814. The molecule has 1 aliphatic rings. The average molecular weight is 341 g/mol. The van der Waals surface area contributed by atoms with Gasteiger partial charge in [0.15, 0.2) is 0 Å². The van der Waals surface area contributed by atoms with Crippen molar-refractivity contribution in [2.24, 2.45) is 0 Å². The Morgan fingerprint density at radius 3 is 3.00 bits per heavy atom. The highest BCUT2D eigenvalue weighted by molar-refractivity contribution is 9.10. The highest BCUT2D eigenvalue weighted by Crippen LogP contribution is 2.22. The van der Waals surface area contributed by atoms with E-state index in [0.717, 1.165) is 30.4 Å². The van der Waals surface area contributed by atoms with Crippen molar-refractivity contribution in [3.05, 3.63) is 22.3 Å². The van der Waals surface area contributed by atoms with Crippen molar-refractivity contribution >= 4 is 27.7 Å². The van der Waals surface area contributed by atoms with Gasteiger partial charge in [-0.05, 0) is 48.4 Å². The maximum atomic E-state index is 12.7. The zero-order valence-corrected chi connectivity index (χ0v) is 13.8. The number of anilines is 1. The third-order valence-electron chi connectivity index (χ3n) is 3.79. The number of carbonyl (C=O) groups is 1. The first-order valence-corrected chi connectivity index (χ1v) is 7.61. The number of hydrogen-bond donors (Lipinski definition) is 1. The molecule has 0 bridgehead atoms. The normalized spacial score (nSPS) is 19.7. The Labute approximate surface area is 128 Å². The van der Waals surface area contributed by atoms with Crippen LogP contribution in [0.2, 0.25) is 0 Å². The zero-order chi connectivity index (χ0) is 14.7. The number of likely N-dealkylation sites (tertiary alicyclic amines) is 1. The molecule has 1 saturated heterocycles. The molecular weight excluding hydrogens is 320 g/mol. The SMILES string of the molecule is CNc1ncc(Br)cc1C(=O)N(C)C1CCCN(C)C1. The minimum Gasteiger partial charge on any atom is -0.372 e. The number of amides is 1. The molecule has 2 heterocycles. The molecule has 1 fully saturated rings. The number of halogens is 1.